The summed E-state index contributed by atoms with van der Waals surface area (Å²) >= 11 is 5.96. The molecule has 0 aromatic heterocycles. The molecule has 20 heavy (non-hydrogen) atoms. The molecule has 1 aliphatic rings. The summed E-state index contributed by atoms with van der Waals surface area (Å²) in [6, 6.07) is 5.65. The van der Waals surface area contributed by atoms with Crippen LogP contribution in [0.25, 0.3) is 0 Å². The Bertz CT molecular complexity index is 452. The van der Waals surface area contributed by atoms with Crippen molar-refractivity contribution in [1.29, 1.82) is 0 Å². The second kappa shape index (κ2) is 6.31. The first-order valence-electron chi connectivity index (χ1n) is 6.98. The van der Waals surface area contributed by atoms with Gasteiger partial charge in [0.05, 0.1) is 12.2 Å². The minimum Gasteiger partial charge on any atom is -0.392 e. The lowest BCUT2D eigenvalue weighted by atomic mass is 10.1. The van der Waals surface area contributed by atoms with Crippen LogP contribution >= 0.6 is 11.6 Å². The van der Waals surface area contributed by atoms with Gasteiger partial charge >= 0.3 is 0 Å². The molecule has 1 heterocycles. The fraction of sp³-hybridized carbons (Fsp3) is 0.600. The molecule has 1 aromatic rings. The number of β-amino-alcohol motifs (C(OH)–C–C–N with tert-alkyl or cyclic N) is 1. The molecule has 2 N–H and O–H groups in total. The van der Waals surface area contributed by atoms with Crippen molar-refractivity contribution < 1.29 is 10.2 Å². The van der Waals surface area contributed by atoms with Gasteiger partial charge in [-0.2, -0.15) is 0 Å². The van der Waals surface area contributed by atoms with Gasteiger partial charge in [-0.15, -0.1) is 0 Å². The standard InChI is InChI=1S/C15H23ClN2O2/c1-15(2,20)11-17-5-7-18(8-6-17)14-4-3-13(16)9-12(14)10-19/h3-4,9,19-20H,5-8,10-11H2,1-2H3. The summed E-state index contributed by atoms with van der Waals surface area (Å²) in [6.45, 7) is 7.98. The summed E-state index contributed by atoms with van der Waals surface area (Å²) in [5, 5.41) is 20.0. The van der Waals surface area contributed by atoms with Crippen LogP contribution < -0.4 is 4.90 Å². The zero-order chi connectivity index (χ0) is 14.8. The zero-order valence-corrected chi connectivity index (χ0v) is 12.9. The molecule has 4 nitrogen and oxygen atoms in total. The molecule has 5 heteroatoms. The molecular weight excluding hydrogens is 276 g/mol. The highest BCUT2D eigenvalue weighted by atomic mass is 35.5. The van der Waals surface area contributed by atoms with Crippen molar-refractivity contribution in [3.05, 3.63) is 28.8 Å². The molecule has 0 spiro atoms. The van der Waals surface area contributed by atoms with Crippen LogP contribution in [0.4, 0.5) is 5.69 Å². The number of piperazine rings is 1. The van der Waals surface area contributed by atoms with E-state index in [0.29, 0.717) is 11.6 Å². The minimum atomic E-state index is -0.654. The molecule has 0 bridgehead atoms. The molecule has 2 rings (SSSR count). The van der Waals surface area contributed by atoms with Gasteiger partial charge in [-0.1, -0.05) is 11.6 Å². The van der Waals surface area contributed by atoms with Crippen molar-refractivity contribution in [1.82, 2.24) is 4.90 Å². The first kappa shape index (κ1) is 15.6. The molecule has 0 aliphatic carbocycles. The van der Waals surface area contributed by atoms with E-state index in [2.05, 4.69) is 9.80 Å². The van der Waals surface area contributed by atoms with Crippen LogP contribution in [0.5, 0.6) is 0 Å². The fourth-order valence-electron chi connectivity index (χ4n) is 2.68. The zero-order valence-electron chi connectivity index (χ0n) is 12.1. The van der Waals surface area contributed by atoms with Crippen molar-refractivity contribution in [3.8, 4) is 0 Å². The van der Waals surface area contributed by atoms with Crippen LogP contribution in [0.2, 0.25) is 5.02 Å². The van der Waals surface area contributed by atoms with E-state index in [1.807, 2.05) is 32.0 Å². The quantitative estimate of drug-likeness (QED) is 0.889. The summed E-state index contributed by atoms with van der Waals surface area (Å²) < 4.78 is 0. The average Bonchev–Trinajstić information content (AvgIpc) is 2.38. The number of anilines is 1. The summed E-state index contributed by atoms with van der Waals surface area (Å²) in [4.78, 5) is 4.54. The number of aliphatic hydroxyl groups is 2. The van der Waals surface area contributed by atoms with Gasteiger partial charge in [0.25, 0.3) is 0 Å². The second-order valence-corrected chi connectivity index (χ2v) is 6.44. The van der Waals surface area contributed by atoms with E-state index >= 15 is 0 Å². The van der Waals surface area contributed by atoms with Crippen LogP contribution in [-0.4, -0.2) is 53.4 Å². The van der Waals surface area contributed by atoms with Crippen LogP contribution in [0.3, 0.4) is 0 Å². The lowest BCUT2D eigenvalue weighted by molar-refractivity contribution is 0.0345. The maximum absolute atomic E-state index is 9.86. The van der Waals surface area contributed by atoms with Crippen molar-refractivity contribution in [3.63, 3.8) is 0 Å². The van der Waals surface area contributed by atoms with Gasteiger partial charge in [0.1, 0.15) is 0 Å². The van der Waals surface area contributed by atoms with Gasteiger partial charge in [-0.25, -0.2) is 0 Å². The Morgan fingerprint density at radius 2 is 1.85 bits per heavy atom. The largest absolute Gasteiger partial charge is 0.392 e. The molecule has 0 amide bonds. The summed E-state index contributed by atoms with van der Waals surface area (Å²) in [5.74, 6) is 0. The van der Waals surface area contributed by atoms with Crippen LogP contribution in [0, 0.1) is 0 Å². The van der Waals surface area contributed by atoms with Gasteiger partial charge in [-0.3, -0.25) is 4.90 Å². The number of hydrogen-bond donors (Lipinski definition) is 2. The summed E-state index contributed by atoms with van der Waals surface area (Å²) in [7, 11) is 0. The molecule has 0 radical (unpaired) electrons. The molecule has 0 saturated carbocycles. The Hall–Kier alpha value is -0.810. The Kier molecular flexibility index (Phi) is 4.91. The first-order chi connectivity index (χ1) is 9.39. The minimum absolute atomic E-state index is 0.000220. The predicted molar refractivity (Wildman–Crippen MR) is 82.3 cm³/mol. The number of nitrogens with zero attached hydrogens (tertiary/aromatic N) is 2. The smallest absolute Gasteiger partial charge is 0.0718 e. The Labute approximate surface area is 125 Å². The summed E-state index contributed by atoms with van der Waals surface area (Å²) in [6.07, 6.45) is 0. The Balaban J connectivity index is 2.00. The maximum atomic E-state index is 9.86. The molecule has 0 unspecified atom stereocenters. The van der Waals surface area contributed by atoms with E-state index in [0.717, 1.165) is 37.4 Å². The van der Waals surface area contributed by atoms with Gasteiger partial charge in [0.15, 0.2) is 0 Å². The van der Waals surface area contributed by atoms with Crippen molar-refractivity contribution in [2.45, 2.75) is 26.1 Å². The van der Waals surface area contributed by atoms with E-state index in [4.69, 9.17) is 11.6 Å². The molecule has 112 valence electrons. The van der Waals surface area contributed by atoms with Crippen LogP contribution in [-0.2, 0) is 6.61 Å². The van der Waals surface area contributed by atoms with Crippen molar-refractivity contribution in [2.24, 2.45) is 0 Å². The third-order valence-electron chi connectivity index (χ3n) is 3.54. The van der Waals surface area contributed by atoms with E-state index in [9.17, 15) is 10.2 Å². The van der Waals surface area contributed by atoms with E-state index in [-0.39, 0.29) is 6.61 Å². The molecule has 1 saturated heterocycles. The average molecular weight is 299 g/mol. The molecule has 1 aromatic carbocycles. The third-order valence-corrected chi connectivity index (χ3v) is 3.77. The fourth-order valence-corrected chi connectivity index (χ4v) is 2.88. The molecule has 1 aliphatic heterocycles. The molecule has 1 fully saturated rings. The highest BCUT2D eigenvalue weighted by Crippen LogP contribution is 2.25. The predicted octanol–water partition coefficient (Wildman–Crippen LogP) is 1.73. The van der Waals surface area contributed by atoms with Crippen LogP contribution in [0.1, 0.15) is 19.4 Å². The summed E-state index contributed by atoms with van der Waals surface area (Å²) in [5.41, 5.74) is 1.27. The number of aliphatic hydroxyl groups excluding tert-OH is 1. The van der Waals surface area contributed by atoms with E-state index < -0.39 is 5.60 Å². The maximum Gasteiger partial charge on any atom is 0.0718 e. The van der Waals surface area contributed by atoms with E-state index in [1.165, 1.54) is 0 Å². The Morgan fingerprint density at radius 1 is 1.20 bits per heavy atom. The Morgan fingerprint density at radius 3 is 2.40 bits per heavy atom. The first-order valence-corrected chi connectivity index (χ1v) is 7.36. The van der Waals surface area contributed by atoms with Gasteiger partial charge in [0.2, 0.25) is 0 Å². The number of halogens is 1. The number of hydrogen-bond acceptors (Lipinski definition) is 4. The third kappa shape index (κ3) is 4.09. The normalized spacial score (nSPS) is 17.6. The number of rotatable bonds is 4. The molecular formula is C15H23ClN2O2. The second-order valence-electron chi connectivity index (χ2n) is 6.01. The highest BCUT2D eigenvalue weighted by Gasteiger charge is 2.23. The molecule has 0 atom stereocenters. The van der Waals surface area contributed by atoms with Gasteiger partial charge in [-0.05, 0) is 32.0 Å². The lowest BCUT2D eigenvalue weighted by Gasteiger charge is -2.39. The van der Waals surface area contributed by atoms with Crippen LogP contribution in [0.15, 0.2) is 18.2 Å². The highest BCUT2D eigenvalue weighted by molar-refractivity contribution is 6.30. The van der Waals surface area contributed by atoms with Crippen molar-refractivity contribution >= 4 is 17.3 Å². The van der Waals surface area contributed by atoms with Gasteiger partial charge in [0, 0.05) is 49.0 Å². The van der Waals surface area contributed by atoms with E-state index in [1.54, 1.807) is 0 Å². The topological polar surface area (TPSA) is 46.9 Å². The lowest BCUT2D eigenvalue weighted by Crippen LogP contribution is -2.50. The monoisotopic (exact) mass is 298 g/mol. The number of benzene rings is 1. The van der Waals surface area contributed by atoms with Gasteiger partial charge < -0.3 is 15.1 Å². The van der Waals surface area contributed by atoms with Crippen molar-refractivity contribution in [2.75, 3.05) is 37.6 Å². The SMILES string of the molecule is CC(C)(O)CN1CCN(c2ccc(Cl)cc2CO)CC1.